The monoisotopic (exact) mass is 396 g/mol. The highest BCUT2D eigenvalue weighted by molar-refractivity contribution is 9.10. The van der Waals surface area contributed by atoms with Crippen LogP contribution in [0.4, 0.5) is 0 Å². The number of aromatic nitrogens is 2. The van der Waals surface area contributed by atoms with Gasteiger partial charge in [-0.05, 0) is 36.6 Å². The Kier molecular flexibility index (Phi) is 7.72. The van der Waals surface area contributed by atoms with Gasteiger partial charge in [0.1, 0.15) is 12.4 Å². The predicted octanol–water partition coefficient (Wildman–Crippen LogP) is 5.32. The molecule has 0 fully saturated rings. The third kappa shape index (κ3) is 5.91. The SMILES string of the molecule is CCCCCOCc1nc(C(Oc2ccc(Br)cc2)C(C)C)no1. The van der Waals surface area contributed by atoms with E-state index in [1.807, 2.05) is 24.3 Å². The highest BCUT2D eigenvalue weighted by Crippen LogP contribution is 2.27. The molecule has 0 N–H and O–H groups in total. The van der Waals surface area contributed by atoms with E-state index in [0.717, 1.165) is 16.6 Å². The molecule has 0 bridgehead atoms. The molecule has 6 heteroatoms. The van der Waals surface area contributed by atoms with E-state index in [1.165, 1.54) is 12.8 Å². The third-order valence-electron chi connectivity index (χ3n) is 3.54. The van der Waals surface area contributed by atoms with Gasteiger partial charge in [-0.3, -0.25) is 0 Å². The Balaban J connectivity index is 1.94. The molecule has 1 aromatic carbocycles. The summed E-state index contributed by atoms with van der Waals surface area (Å²) in [5.41, 5.74) is 0. The molecule has 0 aliphatic rings. The average Bonchev–Trinajstić information content (AvgIpc) is 3.02. The summed E-state index contributed by atoms with van der Waals surface area (Å²) >= 11 is 3.42. The van der Waals surface area contributed by atoms with Crippen molar-refractivity contribution in [2.75, 3.05) is 6.61 Å². The topological polar surface area (TPSA) is 57.4 Å². The molecule has 0 spiro atoms. The quantitative estimate of drug-likeness (QED) is 0.508. The Morgan fingerprint density at radius 3 is 2.58 bits per heavy atom. The molecule has 0 aliphatic carbocycles. The number of rotatable bonds is 10. The summed E-state index contributed by atoms with van der Waals surface area (Å²) in [6.07, 6.45) is 3.14. The fourth-order valence-corrected chi connectivity index (χ4v) is 2.47. The van der Waals surface area contributed by atoms with Crippen molar-refractivity contribution in [1.29, 1.82) is 0 Å². The minimum Gasteiger partial charge on any atom is -0.482 e. The standard InChI is InChI=1S/C18H25BrN2O3/c1-4-5-6-11-22-12-16-20-18(21-24-16)17(13(2)3)23-15-9-7-14(19)8-10-15/h7-10,13,17H,4-6,11-12H2,1-3H3. The largest absolute Gasteiger partial charge is 0.482 e. The van der Waals surface area contributed by atoms with E-state index in [4.69, 9.17) is 14.0 Å². The second kappa shape index (κ2) is 9.79. The third-order valence-corrected chi connectivity index (χ3v) is 4.07. The maximum Gasteiger partial charge on any atom is 0.252 e. The summed E-state index contributed by atoms with van der Waals surface area (Å²) < 4.78 is 17.9. The molecule has 1 heterocycles. The van der Waals surface area contributed by atoms with Gasteiger partial charge in [0.25, 0.3) is 5.89 Å². The van der Waals surface area contributed by atoms with Crippen LogP contribution in [0.1, 0.15) is 57.9 Å². The first-order valence-corrected chi connectivity index (χ1v) is 9.22. The molecule has 132 valence electrons. The molecule has 24 heavy (non-hydrogen) atoms. The normalized spacial score (nSPS) is 12.5. The number of nitrogens with zero attached hydrogens (tertiary/aromatic N) is 2. The van der Waals surface area contributed by atoms with Crippen LogP contribution in [0, 0.1) is 5.92 Å². The molecule has 1 aromatic heterocycles. The Bertz CT molecular complexity index is 599. The molecule has 5 nitrogen and oxygen atoms in total. The van der Waals surface area contributed by atoms with Crippen molar-refractivity contribution in [2.45, 2.75) is 52.7 Å². The van der Waals surface area contributed by atoms with Crippen LogP contribution in [0.25, 0.3) is 0 Å². The van der Waals surface area contributed by atoms with Crippen molar-refractivity contribution in [3.05, 3.63) is 40.5 Å². The molecule has 1 atom stereocenters. The number of ether oxygens (including phenoxy) is 2. The summed E-state index contributed by atoms with van der Waals surface area (Å²) in [5.74, 6) is 2.04. The Hall–Kier alpha value is -1.40. The van der Waals surface area contributed by atoms with Crippen LogP contribution in [0.2, 0.25) is 0 Å². The minimum atomic E-state index is -0.260. The van der Waals surface area contributed by atoms with Crippen LogP contribution in [0.3, 0.4) is 0 Å². The maximum atomic E-state index is 6.04. The first kappa shape index (κ1) is 18.9. The van der Waals surface area contributed by atoms with Crippen LogP contribution in [0.5, 0.6) is 5.75 Å². The summed E-state index contributed by atoms with van der Waals surface area (Å²) in [7, 11) is 0. The number of halogens is 1. The van der Waals surface area contributed by atoms with Crippen molar-refractivity contribution in [1.82, 2.24) is 10.1 Å². The van der Waals surface area contributed by atoms with Crippen LogP contribution in [0.15, 0.2) is 33.3 Å². The number of hydrogen-bond acceptors (Lipinski definition) is 5. The lowest BCUT2D eigenvalue weighted by molar-refractivity contribution is 0.0944. The zero-order valence-corrected chi connectivity index (χ0v) is 16.1. The second-order valence-electron chi connectivity index (χ2n) is 6.04. The molecule has 0 saturated carbocycles. The molecule has 2 rings (SSSR count). The zero-order chi connectivity index (χ0) is 17.4. The fraction of sp³-hybridized carbons (Fsp3) is 0.556. The molecular weight excluding hydrogens is 372 g/mol. The zero-order valence-electron chi connectivity index (χ0n) is 14.5. The van der Waals surface area contributed by atoms with Gasteiger partial charge in [0.15, 0.2) is 6.10 Å². The minimum absolute atomic E-state index is 0.213. The smallest absolute Gasteiger partial charge is 0.252 e. The fourth-order valence-electron chi connectivity index (χ4n) is 2.20. The number of unbranched alkanes of at least 4 members (excludes halogenated alkanes) is 2. The van der Waals surface area contributed by atoms with E-state index >= 15 is 0 Å². The second-order valence-corrected chi connectivity index (χ2v) is 6.96. The van der Waals surface area contributed by atoms with Gasteiger partial charge in [0.2, 0.25) is 5.82 Å². The summed E-state index contributed by atoms with van der Waals surface area (Å²) in [5, 5.41) is 4.07. The van der Waals surface area contributed by atoms with Crippen molar-refractivity contribution >= 4 is 15.9 Å². The van der Waals surface area contributed by atoms with E-state index in [2.05, 4.69) is 46.8 Å². The molecule has 0 amide bonds. The number of hydrogen-bond donors (Lipinski definition) is 0. The molecule has 0 aliphatic heterocycles. The first-order valence-electron chi connectivity index (χ1n) is 8.42. The number of benzene rings is 1. The van der Waals surface area contributed by atoms with Gasteiger partial charge < -0.3 is 14.0 Å². The van der Waals surface area contributed by atoms with E-state index in [0.29, 0.717) is 24.9 Å². The van der Waals surface area contributed by atoms with Gasteiger partial charge in [0, 0.05) is 11.1 Å². The Morgan fingerprint density at radius 1 is 1.17 bits per heavy atom. The highest BCUT2D eigenvalue weighted by Gasteiger charge is 2.24. The Morgan fingerprint density at radius 2 is 1.92 bits per heavy atom. The van der Waals surface area contributed by atoms with Crippen LogP contribution < -0.4 is 4.74 Å². The van der Waals surface area contributed by atoms with Crippen LogP contribution in [-0.2, 0) is 11.3 Å². The lowest BCUT2D eigenvalue weighted by Crippen LogP contribution is -2.16. The summed E-state index contributed by atoms with van der Waals surface area (Å²) in [4.78, 5) is 4.43. The predicted molar refractivity (Wildman–Crippen MR) is 95.8 cm³/mol. The highest BCUT2D eigenvalue weighted by atomic mass is 79.9. The molecule has 1 unspecified atom stereocenters. The molecule has 2 aromatic rings. The van der Waals surface area contributed by atoms with Gasteiger partial charge in [0.05, 0.1) is 0 Å². The molecule has 0 radical (unpaired) electrons. The van der Waals surface area contributed by atoms with E-state index < -0.39 is 0 Å². The Labute approximate surface area is 151 Å². The van der Waals surface area contributed by atoms with Gasteiger partial charge in [-0.25, -0.2) is 0 Å². The van der Waals surface area contributed by atoms with Crippen LogP contribution in [-0.4, -0.2) is 16.7 Å². The van der Waals surface area contributed by atoms with Crippen molar-refractivity contribution in [3.8, 4) is 5.75 Å². The van der Waals surface area contributed by atoms with Crippen LogP contribution >= 0.6 is 15.9 Å². The van der Waals surface area contributed by atoms with Gasteiger partial charge in [-0.1, -0.05) is 54.7 Å². The average molecular weight is 397 g/mol. The summed E-state index contributed by atoms with van der Waals surface area (Å²) in [6.45, 7) is 7.37. The maximum absolute atomic E-state index is 6.04. The van der Waals surface area contributed by atoms with E-state index in [9.17, 15) is 0 Å². The molecule has 0 saturated heterocycles. The summed E-state index contributed by atoms with van der Waals surface area (Å²) in [6, 6.07) is 7.71. The first-order chi connectivity index (χ1) is 11.6. The van der Waals surface area contributed by atoms with Crippen molar-refractivity contribution in [2.24, 2.45) is 5.92 Å². The van der Waals surface area contributed by atoms with E-state index in [-0.39, 0.29) is 12.0 Å². The van der Waals surface area contributed by atoms with Gasteiger partial charge in [-0.2, -0.15) is 4.98 Å². The van der Waals surface area contributed by atoms with E-state index in [1.54, 1.807) is 0 Å². The van der Waals surface area contributed by atoms with Gasteiger partial charge in [-0.15, -0.1) is 0 Å². The lowest BCUT2D eigenvalue weighted by Gasteiger charge is -2.19. The lowest BCUT2D eigenvalue weighted by atomic mass is 10.1. The van der Waals surface area contributed by atoms with Gasteiger partial charge >= 0.3 is 0 Å². The van der Waals surface area contributed by atoms with Crippen molar-refractivity contribution in [3.63, 3.8) is 0 Å². The molecular formula is C18H25BrN2O3. The van der Waals surface area contributed by atoms with Crippen molar-refractivity contribution < 1.29 is 14.0 Å².